The lowest BCUT2D eigenvalue weighted by Gasteiger charge is -2.34. The van der Waals surface area contributed by atoms with Crippen molar-refractivity contribution in [3.63, 3.8) is 0 Å². The lowest BCUT2D eigenvalue weighted by Crippen LogP contribution is -2.40. The Morgan fingerprint density at radius 3 is 2.53 bits per heavy atom. The van der Waals surface area contributed by atoms with Crippen LogP contribution in [0.2, 0.25) is 0 Å². The molecule has 2 aromatic carbocycles. The lowest BCUT2D eigenvalue weighted by molar-refractivity contribution is -0.121. The summed E-state index contributed by atoms with van der Waals surface area (Å²) in [7, 11) is 0. The number of halogens is 1. The second kappa shape index (κ2) is 8.03. The van der Waals surface area contributed by atoms with E-state index < -0.39 is 17.6 Å². The van der Waals surface area contributed by atoms with Gasteiger partial charge in [-0.05, 0) is 61.4 Å². The lowest BCUT2D eigenvalue weighted by atomic mass is 9.96. The summed E-state index contributed by atoms with van der Waals surface area (Å²) in [6.07, 6.45) is 1.69. The molecule has 1 fully saturated rings. The molecule has 2 aromatic rings. The number of aliphatic hydroxyl groups excluding tert-OH is 1. The molecule has 30 heavy (non-hydrogen) atoms. The number of benzene rings is 2. The zero-order chi connectivity index (χ0) is 21.4. The number of rotatable bonds is 4. The Morgan fingerprint density at radius 1 is 1.07 bits per heavy atom. The fourth-order valence-electron chi connectivity index (χ4n) is 4.24. The molecule has 156 valence electrons. The van der Waals surface area contributed by atoms with Crippen molar-refractivity contribution in [2.75, 3.05) is 24.6 Å². The molecule has 0 aliphatic carbocycles. The first kappa shape index (κ1) is 20.3. The van der Waals surface area contributed by atoms with Crippen molar-refractivity contribution in [2.24, 2.45) is 5.92 Å². The number of carbonyl (C=O) groups excluding carboxylic acids is 2. The van der Waals surface area contributed by atoms with Crippen LogP contribution in [0.25, 0.3) is 5.57 Å². The van der Waals surface area contributed by atoms with E-state index in [1.165, 1.54) is 18.2 Å². The Hall–Kier alpha value is -2.99. The molecule has 2 heterocycles. The molecule has 2 amide bonds. The summed E-state index contributed by atoms with van der Waals surface area (Å²) in [6, 6.07) is 11.5. The third kappa shape index (κ3) is 3.41. The molecular formula is C24H25FN2O3. The van der Waals surface area contributed by atoms with Crippen LogP contribution in [0.1, 0.15) is 29.5 Å². The van der Waals surface area contributed by atoms with Gasteiger partial charge in [0.05, 0.1) is 11.3 Å². The smallest absolute Gasteiger partial charge is 0.282 e. The van der Waals surface area contributed by atoms with Gasteiger partial charge in [-0.2, -0.15) is 0 Å². The Morgan fingerprint density at radius 2 is 1.83 bits per heavy atom. The first-order valence-electron chi connectivity index (χ1n) is 10.2. The first-order chi connectivity index (χ1) is 14.4. The van der Waals surface area contributed by atoms with Crippen LogP contribution in [0, 0.1) is 25.6 Å². The molecule has 1 N–H and O–H groups in total. The van der Waals surface area contributed by atoms with Gasteiger partial charge in [-0.15, -0.1) is 0 Å². The van der Waals surface area contributed by atoms with Crippen LogP contribution in [0.5, 0.6) is 0 Å². The Bertz CT molecular complexity index is 1050. The quantitative estimate of drug-likeness (QED) is 0.788. The fraction of sp³-hybridized carbons (Fsp3) is 0.333. The van der Waals surface area contributed by atoms with Crippen molar-refractivity contribution >= 4 is 23.1 Å². The van der Waals surface area contributed by atoms with Crippen LogP contribution in [0.15, 0.2) is 48.2 Å². The van der Waals surface area contributed by atoms with Gasteiger partial charge in [0.2, 0.25) is 0 Å². The summed E-state index contributed by atoms with van der Waals surface area (Å²) in [5.41, 5.74) is 3.29. The van der Waals surface area contributed by atoms with E-state index in [1.54, 1.807) is 6.07 Å². The minimum absolute atomic E-state index is 0.0297. The first-order valence-corrected chi connectivity index (χ1v) is 10.2. The number of anilines is 1. The molecule has 1 unspecified atom stereocenters. The maximum atomic E-state index is 14.5. The molecule has 0 aromatic heterocycles. The average Bonchev–Trinajstić information content (AvgIpc) is 3.01. The van der Waals surface area contributed by atoms with E-state index in [9.17, 15) is 19.1 Å². The van der Waals surface area contributed by atoms with Crippen LogP contribution in [-0.4, -0.2) is 41.5 Å². The molecule has 0 bridgehead atoms. The van der Waals surface area contributed by atoms with Crippen molar-refractivity contribution < 1.29 is 19.1 Å². The van der Waals surface area contributed by atoms with Crippen LogP contribution in [-0.2, 0) is 9.59 Å². The highest BCUT2D eigenvalue weighted by molar-refractivity contribution is 6.45. The number of likely N-dealkylation sites (tertiary alicyclic amines) is 1. The van der Waals surface area contributed by atoms with Crippen LogP contribution in [0.3, 0.4) is 0 Å². The molecular weight excluding hydrogens is 383 g/mol. The molecule has 2 aliphatic rings. The molecule has 0 radical (unpaired) electrons. The normalized spacial score (nSPS) is 19.8. The molecule has 1 atom stereocenters. The van der Waals surface area contributed by atoms with E-state index in [-0.39, 0.29) is 18.2 Å². The van der Waals surface area contributed by atoms with Gasteiger partial charge in [0.25, 0.3) is 11.8 Å². The van der Waals surface area contributed by atoms with Crippen LogP contribution < -0.4 is 4.90 Å². The topological polar surface area (TPSA) is 60.9 Å². The monoisotopic (exact) mass is 408 g/mol. The largest absolute Gasteiger partial charge is 0.396 e. The second-order valence-corrected chi connectivity index (χ2v) is 8.06. The predicted octanol–water partition coefficient (Wildman–Crippen LogP) is 3.43. The summed E-state index contributed by atoms with van der Waals surface area (Å²) in [5, 5.41) is 9.63. The van der Waals surface area contributed by atoms with Crippen molar-refractivity contribution in [2.45, 2.75) is 26.7 Å². The number of nitrogens with zero attached hydrogens (tertiary/aromatic N) is 2. The Balaban J connectivity index is 1.85. The summed E-state index contributed by atoms with van der Waals surface area (Å²) >= 11 is 0. The SMILES string of the molecule is Cc1ccc(C2=C(N3CCCC(CO)C3)C(=O)N(c3ccccc3F)C2=O)cc1C. The number of aryl methyl sites for hydroxylation is 2. The van der Waals surface area contributed by atoms with Crippen molar-refractivity contribution in [3.05, 3.63) is 70.7 Å². The molecule has 4 rings (SSSR count). The Kier molecular flexibility index (Phi) is 5.43. The standard InChI is InChI=1S/C24H25FN2O3/c1-15-9-10-18(12-16(15)2)21-22(26-11-5-6-17(13-26)14-28)24(30)27(23(21)29)20-8-4-3-7-19(20)25/h3-4,7-10,12,17,28H,5-6,11,13-14H2,1-2H3. The van der Waals surface area contributed by atoms with E-state index in [2.05, 4.69) is 0 Å². The van der Waals surface area contributed by atoms with Crippen molar-refractivity contribution in [1.82, 2.24) is 4.90 Å². The van der Waals surface area contributed by atoms with E-state index >= 15 is 0 Å². The second-order valence-electron chi connectivity index (χ2n) is 8.06. The van der Waals surface area contributed by atoms with Crippen molar-refractivity contribution in [1.29, 1.82) is 0 Å². The predicted molar refractivity (Wildman–Crippen MR) is 113 cm³/mol. The number of piperidine rings is 1. The summed E-state index contributed by atoms with van der Waals surface area (Å²) in [6.45, 7) is 5.08. The number of aliphatic hydroxyl groups is 1. The minimum Gasteiger partial charge on any atom is -0.396 e. The van der Waals surface area contributed by atoms with Gasteiger partial charge >= 0.3 is 0 Å². The molecule has 5 nitrogen and oxygen atoms in total. The van der Waals surface area contributed by atoms with Gasteiger partial charge in [0.1, 0.15) is 11.5 Å². The van der Waals surface area contributed by atoms with Gasteiger partial charge in [-0.1, -0.05) is 30.3 Å². The minimum atomic E-state index is -0.619. The zero-order valence-electron chi connectivity index (χ0n) is 17.2. The highest BCUT2D eigenvalue weighted by atomic mass is 19.1. The maximum Gasteiger partial charge on any atom is 0.282 e. The molecule has 0 spiro atoms. The molecule has 6 heteroatoms. The number of carbonyl (C=O) groups is 2. The Labute approximate surface area is 175 Å². The highest BCUT2D eigenvalue weighted by Gasteiger charge is 2.44. The molecule has 2 aliphatic heterocycles. The summed E-state index contributed by atoms with van der Waals surface area (Å²) < 4.78 is 14.5. The average molecular weight is 408 g/mol. The summed E-state index contributed by atoms with van der Waals surface area (Å²) in [5.74, 6) is -1.61. The fourth-order valence-corrected chi connectivity index (χ4v) is 4.24. The third-order valence-corrected chi connectivity index (χ3v) is 6.04. The van der Waals surface area contributed by atoms with Crippen LogP contribution in [0.4, 0.5) is 10.1 Å². The molecule has 0 saturated carbocycles. The number of amides is 2. The number of hydrogen-bond donors (Lipinski definition) is 1. The van der Waals surface area contributed by atoms with Gasteiger partial charge < -0.3 is 10.0 Å². The zero-order valence-corrected chi connectivity index (χ0v) is 17.2. The van der Waals surface area contributed by atoms with E-state index in [0.29, 0.717) is 29.9 Å². The maximum absolute atomic E-state index is 14.5. The number of hydrogen-bond acceptors (Lipinski definition) is 4. The van der Waals surface area contributed by atoms with Crippen molar-refractivity contribution in [3.8, 4) is 0 Å². The van der Waals surface area contributed by atoms with Gasteiger partial charge in [0, 0.05) is 19.7 Å². The molecule has 1 saturated heterocycles. The van der Waals surface area contributed by atoms with E-state index in [0.717, 1.165) is 28.9 Å². The number of imide groups is 1. The van der Waals surface area contributed by atoms with Crippen LogP contribution >= 0.6 is 0 Å². The number of para-hydroxylation sites is 1. The van der Waals surface area contributed by atoms with Gasteiger partial charge in [0.15, 0.2) is 0 Å². The summed E-state index contributed by atoms with van der Waals surface area (Å²) in [4.78, 5) is 29.8. The van der Waals surface area contributed by atoms with Gasteiger partial charge in [-0.25, -0.2) is 9.29 Å². The van der Waals surface area contributed by atoms with Gasteiger partial charge in [-0.3, -0.25) is 9.59 Å². The van der Waals surface area contributed by atoms with E-state index in [4.69, 9.17) is 0 Å². The third-order valence-electron chi connectivity index (χ3n) is 6.04. The van der Waals surface area contributed by atoms with E-state index in [1.807, 2.05) is 36.9 Å². The highest BCUT2D eigenvalue weighted by Crippen LogP contribution is 2.37.